The fourth-order valence-electron chi connectivity index (χ4n) is 2.78. The molecule has 0 aliphatic carbocycles. The van der Waals surface area contributed by atoms with Gasteiger partial charge in [0, 0.05) is 25.7 Å². The largest absolute Gasteiger partial charge is 0.299 e. The van der Waals surface area contributed by atoms with Crippen LogP contribution in [0.2, 0.25) is 5.15 Å². The summed E-state index contributed by atoms with van der Waals surface area (Å²) in [6.45, 7) is 7.69. The minimum Gasteiger partial charge on any atom is -0.299 e. The van der Waals surface area contributed by atoms with Crippen LogP contribution in [0.4, 0.5) is 0 Å². The van der Waals surface area contributed by atoms with Gasteiger partial charge < -0.3 is 0 Å². The highest BCUT2D eigenvalue weighted by Gasteiger charge is 2.23. The maximum Gasteiger partial charge on any atom is 0.131 e. The molecule has 1 aliphatic heterocycles. The van der Waals surface area contributed by atoms with Gasteiger partial charge in [-0.2, -0.15) is 5.10 Å². The number of aryl methyl sites for hydroxylation is 2. The standard InChI is InChI=1S/C13H22ClN3/c1-4-5-11-6-7-17(8-11)9-12-10(2)15-16(3)13(12)14/h11H,4-9H2,1-3H3. The smallest absolute Gasteiger partial charge is 0.131 e. The number of aromatic nitrogens is 2. The summed E-state index contributed by atoms with van der Waals surface area (Å²) in [6.07, 6.45) is 3.99. The minimum absolute atomic E-state index is 0.793. The molecular formula is C13H22ClN3. The highest BCUT2D eigenvalue weighted by molar-refractivity contribution is 6.30. The van der Waals surface area contributed by atoms with Crippen LogP contribution in [0.25, 0.3) is 0 Å². The van der Waals surface area contributed by atoms with Crippen LogP contribution in [-0.4, -0.2) is 27.8 Å². The maximum atomic E-state index is 6.26. The number of rotatable bonds is 4. The molecule has 3 nitrogen and oxygen atoms in total. The molecule has 0 bridgehead atoms. The van der Waals surface area contributed by atoms with Crippen molar-refractivity contribution in [1.82, 2.24) is 14.7 Å². The zero-order valence-corrected chi connectivity index (χ0v) is 11.8. The van der Waals surface area contributed by atoms with Gasteiger partial charge in [0.1, 0.15) is 5.15 Å². The number of nitrogens with zero attached hydrogens (tertiary/aromatic N) is 3. The molecule has 0 amide bonds. The molecule has 1 unspecified atom stereocenters. The van der Waals surface area contributed by atoms with Crippen molar-refractivity contribution in [3.05, 3.63) is 16.4 Å². The van der Waals surface area contributed by atoms with Crippen molar-refractivity contribution in [3.63, 3.8) is 0 Å². The molecule has 0 spiro atoms. The predicted octanol–water partition coefficient (Wildman–Crippen LogP) is 3.00. The van der Waals surface area contributed by atoms with Gasteiger partial charge in [0.2, 0.25) is 0 Å². The molecule has 1 saturated heterocycles. The molecule has 1 atom stereocenters. The Kier molecular flexibility index (Phi) is 4.10. The topological polar surface area (TPSA) is 21.1 Å². The Bertz CT molecular complexity index is 386. The van der Waals surface area contributed by atoms with Crippen molar-refractivity contribution in [1.29, 1.82) is 0 Å². The van der Waals surface area contributed by atoms with E-state index in [-0.39, 0.29) is 0 Å². The van der Waals surface area contributed by atoms with Crippen molar-refractivity contribution in [2.24, 2.45) is 13.0 Å². The summed E-state index contributed by atoms with van der Waals surface area (Å²) >= 11 is 6.26. The lowest BCUT2D eigenvalue weighted by Gasteiger charge is -2.15. The number of hydrogen-bond donors (Lipinski definition) is 0. The summed E-state index contributed by atoms with van der Waals surface area (Å²) in [7, 11) is 1.91. The van der Waals surface area contributed by atoms with Crippen LogP contribution in [0, 0.1) is 12.8 Å². The molecular weight excluding hydrogens is 234 g/mol. The van der Waals surface area contributed by atoms with E-state index < -0.39 is 0 Å². The summed E-state index contributed by atoms with van der Waals surface area (Å²) in [5.41, 5.74) is 2.27. The quantitative estimate of drug-likeness (QED) is 0.825. The SMILES string of the molecule is CCCC1CCN(Cc2c(C)nn(C)c2Cl)C1. The minimum atomic E-state index is 0.793. The molecule has 0 aromatic carbocycles. The second kappa shape index (κ2) is 5.40. The molecule has 4 heteroatoms. The molecule has 0 saturated carbocycles. The lowest BCUT2D eigenvalue weighted by atomic mass is 10.0. The average molecular weight is 256 g/mol. The first-order valence-electron chi connectivity index (χ1n) is 6.52. The van der Waals surface area contributed by atoms with Crippen LogP contribution < -0.4 is 0 Å². The highest BCUT2D eigenvalue weighted by Crippen LogP contribution is 2.26. The number of halogens is 1. The summed E-state index contributed by atoms with van der Waals surface area (Å²) in [5.74, 6) is 0.885. The van der Waals surface area contributed by atoms with E-state index in [0.717, 1.165) is 23.3 Å². The summed E-state index contributed by atoms with van der Waals surface area (Å²) < 4.78 is 1.77. The molecule has 0 radical (unpaired) electrons. The lowest BCUT2D eigenvalue weighted by molar-refractivity contribution is 0.312. The Balaban J connectivity index is 1.98. The predicted molar refractivity (Wildman–Crippen MR) is 71.2 cm³/mol. The van der Waals surface area contributed by atoms with Crippen LogP contribution in [-0.2, 0) is 13.6 Å². The lowest BCUT2D eigenvalue weighted by Crippen LogP contribution is -2.20. The van der Waals surface area contributed by atoms with E-state index in [0.29, 0.717) is 0 Å². The Hall–Kier alpha value is -0.540. The molecule has 1 aliphatic rings. The Morgan fingerprint density at radius 3 is 2.82 bits per heavy atom. The first-order valence-corrected chi connectivity index (χ1v) is 6.90. The zero-order valence-electron chi connectivity index (χ0n) is 11.0. The normalized spacial score (nSPS) is 21.3. The van der Waals surface area contributed by atoms with Crippen LogP contribution in [0.15, 0.2) is 0 Å². The van der Waals surface area contributed by atoms with Gasteiger partial charge in [-0.15, -0.1) is 0 Å². The van der Waals surface area contributed by atoms with E-state index in [1.807, 2.05) is 14.0 Å². The van der Waals surface area contributed by atoms with Crippen LogP contribution in [0.5, 0.6) is 0 Å². The molecule has 1 aromatic heterocycles. The molecule has 96 valence electrons. The zero-order chi connectivity index (χ0) is 12.4. The third kappa shape index (κ3) is 2.83. The summed E-state index contributed by atoms with van der Waals surface area (Å²) in [5, 5.41) is 5.16. The van der Waals surface area contributed by atoms with Crippen molar-refractivity contribution >= 4 is 11.6 Å². The van der Waals surface area contributed by atoms with Gasteiger partial charge in [0.25, 0.3) is 0 Å². The third-order valence-electron chi connectivity index (χ3n) is 3.72. The van der Waals surface area contributed by atoms with Crippen molar-refractivity contribution in [2.45, 2.75) is 39.7 Å². The van der Waals surface area contributed by atoms with E-state index in [1.54, 1.807) is 4.68 Å². The van der Waals surface area contributed by atoms with Crippen LogP contribution in [0.3, 0.4) is 0 Å². The molecule has 1 fully saturated rings. The van der Waals surface area contributed by atoms with E-state index in [4.69, 9.17) is 11.6 Å². The van der Waals surface area contributed by atoms with Gasteiger partial charge in [-0.25, -0.2) is 0 Å². The van der Waals surface area contributed by atoms with E-state index in [9.17, 15) is 0 Å². The first kappa shape index (κ1) is 12.9. The first-order chi connectivity index (χ1) is 8.11. The molecule has 17 heavy (non-hydrogen) atoms. The summed E-state index contributed by atoms with van der Waals surface area (Å²) in [6, 6.07) is 0. The molecule has 2 heterocycles. The molecule has 1 aromatic rings. The van der Waals surface area contributed by atoms with Crippen LogP contribution in [0.1, 0.15) is 37.4 Å². The third-order valence-corrected chi connectivity index (χ3v) is 4.19. The Labute approximate surface area is 109 Å². The van der Waals surface area contributed by atoms with Gasteiger partial charge in [0.05, 0.1) is 5.69 Å². The maximum absolute atomic E-state index is 6.26. The molecule has 0 N–H and O–H groups in total. The monoisotopic (exact) mass is 255 g/mol. The van der Waals surface area contributed by atoms with Crippen molar-refractivity contribution in [2.75, 3.05) is 13.1 Å². The fourth-order valence-corrected chi connectivity index (χ4v) is 3.01. The van der Waals surface area contributed by atoms with Crippen molar-refractivity contribution < 1.29 is 0 Å². The Morgan fingerprint density at radius 1 is 1.47 bits per heavy atom. The van der Waals surface area contributed by atoms with Gasteiger partial charge in [-0.3, -0.25) is 9.58 Å². The highest BCUT2D eigenvalue weighted by atomic mass is 35.5. The average Bonchev–Trinajstić information content (AvgIpc) is 2.81. The summed E-state index contributed by atoms with van der Waals surface area (Å²) in [4.78, 5) is 2.51. The van der Waals surface area contributed by atoms with E-state index in [1.165, 1.54) is 37.9 Å². The van der Waals surface area contributed by atoms with Gasteiger partial charge >= 0.3 is 0 Å². The van der Waals surface area contributed by atoms with Gasteiger partial charge in [-0.05, 0) is 32.2 Å². The van der Waals surface area contributed by atoms with E-state index in [2.05, 4.69) is 16.9 Å². The number of likely N-dealkylation sites (tertiary alicyclic amines) is 1. The Morgan fingerprint density at radius 2 is 2.24 bits per heavy atom. The van der Waals surface area contributed by atoms with E-state index >= 15 is 0 Å². The second-order valence-corrected chi connectivity index (χ2v) is 5.51. The number of hydrogen-bond acceptors (Lipinski definition) is 2. The van der Waals surface area contributed by atoms with Gasteiger partial charge in [0.15, 0.2) is 0 Å². The fraction of sp³-hybridized carbons (Fsp3) is 0.769. The molecule has 2 rings (SSSR count). The van der Waals surface area contributed by atoms with Crippen LogP contribution >= 0.6 is 11.6 Å². The van der Waals surface area contributed by atoms with Crippen molar-refractivity contribution in [3.8, 4) is 0 Å². The second-order valence-electron chi connectivity index (χ2n) is 5.16. The van der Waals surface area contributed by atoms with Gasteiger partial charge in [-0.1, -0.05) is 24.9 Å².